The van der Waals surface area contributed by atoms with Crippen LogP contribution in [-0.4, -0.2) is 18.4 Å². The minimum Gasteiger partial charge on any atom is -0.348 e. The third-order valence-corrected chi connectivity index (χ3v) is 4.16. The Kier molecular flexibility index (Phi) is 6.34. The van der Waals surface area contributed by atoms with Gasteiger partial charge in [0.1, 0.15) is 0 Å². The van der Waals surface area contributed by atoms with Gasteiger partial charge in [0.15, 0.2) is 0 Å². The van der Waals surface area contributed by atoms with E-state index in [9.17, 15) is 9.59 Å². The van der Waals surface area contributed by atoms with Gasteiger partial charge in [0.25, 0.3) is 5.91 Å². The van der Waals surface area contributed by atoms with Crippen molar-refractivity contribution < 1.29 is 9.59 Å². The molecular weight excluding hydrogens is 312 g/mol. The number of benzene rings is 2. The third kappa shape index (κ3) is 5.45. The summed E-state index contributed by atoms with van der Waals surface area (Å²) < 4.78 is 0. The van der Waals surface area contributed by atoms with Crippen LogP contribution >= 0.6 is 0 Å². The molecule has 0 saturated carbocycles. The highest BCUT2D eigenvalue weighted by Gasteiger charge is 2.12. The summed E-state index contributed by atoms with van der Waals surface area (Å²) >= 11 is 0. The third-order valence-electron chi connectivity index (χ3n) is 4.16. The highest BCUT2D eigenvalue weighted by Crippen LogP contribution is 2.13. The van der Waals surface area contributed by atoms with Crippen molar-refractivity contribution in [3.63, 3.8) is 0 Å². The van der Waals surface area contributed by atoms with E-state index in [1.54, 1.807) is 0 Å². The molecule has 2 aromatic rings. The molecule has 0 spiro atoms. The Balaban J connectivity index is 1.87. The maximum atomic E-state index is 12.2. The molecule has 132 valence electrons. The molecule has 0 aliphatic rings. The van der Waals surface area contributed by atoms with E-state index in [4.69, 9.17) is 0 Å². The van der Waals surface area contributed by atoms with Crippen LogP contribution in [0.3, 0.4) is 0 Å². The first-order valence-corrected chi connectivity index (χ1v) is 8.63. The zero-order chi connectivity index (χ0) is 18.4. The molecule has 0 aromatic heterocycles. The number of rotatable bonds is 6. The molecule has 1 atom stereocenters. The molecule has 0 heterocycles. The number of hydrogen-bond donors (Lipinski definition) is 2. The van der Waals surface area contributed by atoms with Gasteiger partial charge in [0, 0.05) is 5.56 Å². The van der Waals surface area contributed by atoms with E-state index in [1.807, 2.05) is 51.1 Å². The van der Waals surface area contributed by atoms with Crippen LogP contribution < -0.4 is 10.6 Å². The standard InChI is InChI=1S/C21H26N2O2/c1-5-17-6-8-18(9-7-17)16(4)23-20(24)13-22-21(25)19-11-14(2)10-15(3)12-19/h6-12,16H,5,13H2,1-4H3,(H,22,25)(H,23,24). The van der Waals surface area contributed by atoms with E-state index < -0.39 is 0 Å². The second kappa shape index (κ2) is 8.47. The fraction of sp³-hybridized carbons (Fsp3) is 0.333. The SMILES string of the molecule is CCc1ccc(C(C)NC(=O)CNC(=O)c2cc(C)cc(C)c2)cc1. The fourth-order valence-electron chi connectivity index (χ4n) is 2.79. The quantitative estimate of drug-likeness (QED) is 0.847. The molecule has 0 aliphatic heterocycles. The van der Waals surface area contributed by atoms with Crippen LogP contribution in [0.4, 0.5) is 0 Å². The van der Waals surface area contributed by atoms with Crippen molar-refractivity contribution in [1.29, 1.82) is 0 Å². The molecule has 0 radical (unpaired) electrons. The number of amides is 2. The average molecular weight is 338 g/mol. The van der Waals surface area contributed by atoms with Gasteiger partial charge in [-0.1, -0.05) is 48.4 Å². The lowest BCUT2D eigenvalue weighted by Gasteiger charge is -2.15. The minimum absolute atomic E-state index is 0.0385. The minimum atomic E-state index is -0.234. The van der Waals surface area contributed by atoms with E-state index in [0.29, 0.717) is 5.56 Å². The first-order valence-electron chi connectivity index (χ1n) is 8.63. The zero-order valence-electron chi connectivity index (χ0n) is 15.3. The Labute approximate surface area is 149 Å². The van der Waals surface area contributed by atoms with Gasteiger partial charge in [-0.15, -0.1) is 0 Å². The summed E-state index contributed by atoms with van der Waals surface area (Å²) in [4.78, 5) is 24.3. The molecule has 0 bridgehead atoms. The van der Waals surface area contributed by atoms with Crippen LogP contribution in [0.2, 0.25) is 0 Å². The second-order valence-electron chi connectivity index (χ2n) is 6.44. The van der Waals surface area contributed by atoms with Gasteiger partial charge in [-0.05, 0) is 50.5 Å². The van der Waals surface area contributed by atoms with Crippen molar-refractivity contribution in [2.45, 2.75) is 40.2 Å². The number of aryl methyl sites for hydroxylation is 3. The van der Waals surface area contributed by atoms with E-state index in [2.05, 4.69) is 29.7 Å². The number of hydrogen-bond acceptors (Lipinski definition) is 2. The predicted molar refractivity (Wildman–Crippen MR) is 101 cm³/mol. The van der Waals surface area contributed by atoms with Crippen LogP contribution in [0.25, 0.3) is 0 Å². The van der Waals surface area contributed by atoms with Crippen LogP contribution in [0, 0.1) is 13.8 Å². The Morgan fingerprint density at radius 1 is 1.00 bits per heavy atom. The monoisotopic (exact) mass is 338 g/mol. The van der Waals surface area contributed by atoms with Crippen LogP contribution in [0.1, 0.15) is 52.5 Å². The largest absolute Gasteiger partial charge is 0.348 e. The molecule has 2 aromatic carbocycles. The van der Waals surface area contributed by atoms with Gasteiger partial charge in [-0.3, -0.25) is 9.59 Å². The maximum Gasteiger partial charge on any atom is 0.251 e. The molecule has 2 rings (SSSR count). The Bertz CT molecular complexity index is 731. The summed E-state index contributed by atoms with van der Waals surface area (Å²) in [6.07, 6.45) is 0.992. The highest BCUT2D eigenvalue weighted by atomic mass is 16.2. The van der Waals surface area contributed by atoms with Gasteiger partial charge < -0.3 is 10.6 Å². The first kappa shape index (κ1) is 18.7. The summed E-state index contributed by atoms with van der Waals surface area (Å²) in [5.74, 6) is -0.438. The summed E-state index contributed by atoms with van der Waals surface area (Å²) in [6.45, 7) is 7.90. The molecule has 2 N–H and O–H groups in total. The van der Waals surface area contributed by atoms with Gasteiger partial charge in [-0.25, -0.2) is 0 Å². The van der Waals surface area contributed by atoms with Crippen molar-refractivity contribution in [2.75, 3.05) is 6.54 Å². The Morgan fingerprint density at radius 3 is 2.16 bits per heavy atom. The van der Waals surface area contributed by atoms with Crippen LogP contribution in [-0.2, 0) is 11.2 Å². The van der Waals surface area contributed by atoms with E-state index in [1.165, 1.54) is 5.56 Å². The fourth-order valence-corrected chi connectivity index (χ4v) is 2.79. The number of nitrogens with one attached hydrogen (secondary N) is 2. The van der Waals surface area contributed by atoms with E-state index in [-0.39, 0.29) is 24.4 Å². The van der Waals surface area contributed by atoms with Crippen LogP contribution in [0.15, 0.2) is 42.5 Å². The molecule has 2 amide bonds. The lowest BCUT2D eigenvalue weighted by molar-refractivity contribution is -0.120. The summed E-state index contributed by atoms with van der Waals surface area (Å²) in [6, 6.07) is 13.7. The van der Waals surface area contributed by atoms with Gasteiger partial charge in [-0.2, -0.15) is 0 Å². The Hall–Kier alpha value is -2.62. The van der Waals surface area contributed by atoms with Gasteiger partial charge in [0.2, 0.25) is 5.91 Å². The summed E-state index contributed by atoms with van der Waals surface area (Å²) in [7, 11) is 0. The highest BCUT2D eigenvalue weighted by molar-refractivity contribution is 5.96. The van der Waals surface area contributed by atoms with Crippen molar-refractivity contribution in [3.8, 4) is 0 Å². The average Bonchev–Trinajstić information content (AvgIpc) is 2.58. The molecule has 25 heavy (non-hydrogen) atoms. The van der Waals surface area contributed by atoms with Crippen molar-refractivity contribution in [2.24, 2.45) is 0 Å². The normalized spacial score (nSPS) is 11.7. The van der Waals surface area contributed by atoms with Crippen molar-refractivity contribution >= 4 is 11.8 Å². The number of carbonyl (C=O) groups excluding carboxylic acids is 2. The summed E-state index contributed by atoms with van der Waals surface area (Å²) in [5, 5.41) is 5.59. The Morgan fingerprint density at radius 2 is 1.60 bits per heavy atom. The first-order chi connectivity index (χ1) is 11.9. The molecule has 0 saturated heterocycles. The molecule has 0 fully saturated rings. The van der Waals surface area contributed by atoms with Crippen LogP contribution in [0.5, 0.6) is 0 Å². The molecule has 1 unspecified atom stereocenters. The molecule has 4 heteroatoms. The van der Waals surface area contributed by atoms with Crippen molar-refractivity contribution in [1.82, 2.24) is 10.6 Å². The predicted octanol–water partition coefficient (Wildman–Crippen LogP) is 3.47. The van der Waals surface area contributed by atoms with E-state index in [0.717, 1.165) is 23.1 Å². The smallest absolute Gasteiger partial charge is 0.251 e. The maximum absolute atomic E-state index is 12.2. The molecular formula is C21H26N2O2. The lowest BCUT2D eigenvalue weighted by Crippen LogP contribution is -2.38. The number of carbonyl (C=O) groups is 2. The zero-order valence-corrected chi connectivity index (χ0v) is 15.3. The van der Waals surface area contributed by atoms with Gasteiger partial charge >= 0.3 is 0 Å². The van der Waals surface area contributed by atoms with Crippen molar-refractivity contribution in [3.05, 3.63) is 70.3 Å². The summed E-state index contributed by atoms with van der Waals surface area (Å²) in [5.41, 5.74) is 4.94. The molecule has 4 nitrogen and oxygen atoms in total. The van der Waals surface area contributed by atoms with E-state index >= 15 is 0 Å². The lowest BCUT2D eigenvalue weighted by atomic mass is 10.0. The second-order valence-corrected chi connectivity index (χ2v) is 6.44. The molecule has 0 aliphatic carbocycles. The topological polar surface area (TPSA) is 58.2 Å². The van der Waals surface area contributed by atoms with Gasteiger partial charge in [0.05, 0.1) is 12.6 Å².